The van der Waals surface area contributed by atoms with Gasteiger partial charge in [0.1, 0.15) is 0 Å². The average Bonchev–Trinajstić information content (AvgIpc) is 3.22. The predicted molar refractivity (Wildman–Crippen MR) is 97.9 cm³/mol. The lowest BCUT2D eigenvalue weighted by atomic mass is 10.2. The molecule has 1 aliphatic carbocycles. The molecule has 0 atom stereocenters. The maximum absolute atomic E-state index is 12.2. The number of carbonyl (C=O) groups is 1. The van der Waals surface area contributed by atoms with Crippen molar-refractivity contribution in [2.75, 3.05) is 11.1 Å². The summed E-state index contributed by atoms with van der Waals surface area (Å²) in [6.45, 7) is 0. The summed E-state index contributed by atoms with van der Waals surface area (Å²) >= 11 is 1.28. The molecule has 9 nitrogen and oxygen atoms in total. The van der Waals surface area contributed by atoms with E-state index in [4.69, 9.17) is 5.14 Å². The molecule has 1 amide bonds. The number of carbonyl (C=O) groups excluding carboxylic acids is 1. The van der Waals surface area contributed by atoms with Gasteiger partial charge < -0.3 is 5.32 Å². The molecule has 3 rings (SSSR count). The second kappa shape index (κ2) is 8.14. The van der Waals surface area contributed by atoms with Crippen LogP contribution in [-0.4, -0.2) is 40.3 Å². The standard InChI is InChI=1S/C15H20N6O3S2/c16-26(23,24)10-11-4-3-5-12(8-11)17-14(22)9-25-15-18-19-20-21(15)13-6-1-2-7-13/h3-5,8,13H,1-2,6-7,9-10H2,(H,17,22)(H2,16,23,24). The van der Waals surface area contributed by atoms with Crippen molar-refractivity contribution >= 4 is 33.4 Å². The topological polar surface area (TPSA) is 133 Å². The van der Waals surface area contributed by atoms with Crippen LogP contribution in [0.25, 0.3) is 0 Å². The molecule has 26 heavy (non-hydrogen) atoms. The SMILES string of the molecule is NS(=O)(=O)Cc1cccc(NC(=O)CSc2nnnn2C2CCCC2)c1. The van der Waals surface area contributed by atoms with E-state index in [9.17, 15) is 13.2 Å². The van der Waals surface area contributed by atoms with E-state index >= 15 is 0 Å². The van der Waals surface area contributed by atoms with Gasteiger partial charge in [0.15, 0.2) is 0 Å². The molecular formula is C15H20N6O3S2. The molecule has 0 unspecified atom stereocenters. The first kappa shape index (κ1) is 18.8. The fraction of sp³-hybridized carbons (Fsp3) is 0.467. The minimum absolute atomic E-state index is 0.159. The van der Waals surface area contributed by atoms with Crippen molar-refractivity contribution in [2.45, 2.75) is 42.6 Å². The number of hydrogen-bond acceptors (Lipinski definition) is 7. The van der Waals surface area contributed by atoms with Gasteiger partial charge in [-0.25, -0.2) is 18.2 Å². The summed E-state index contributed by atoms with van der Waals surface area (Å²) in [5.74, 6) is -0.336. The van der Waals surface area contributed by atoms with Gasteiger partial charge >= 0.3 is 0 Å². The summed E-state index contributed by atoms with van der Waals surface area (Å²) in [4.78, 5) is 12.2. The number of thioether (sulfide) groups is 1. The second-order valence-corrected chi connectivity index (χ2v) is 8.75. The number of rotatable bonds is 7. The smallest absolute Gasteiger partial charge is 0.234 e. The van der Waals surface area contributed by atoms with Crippen molar-refractivity contribution in [3.63, 3.8) is 0 Å². The number of sulfonamides is 1. The van der Waals surface area contributed by atoms with E-state index in [0.29, 0.717) is 22.4 Å². The highest BCUT2D eigenvalue weighted by Gasteiger charge is 2.22. The number of amides is 1. The lowest BCUT2D eigenvalue weighted by molar-refractivity contribution is -0.113. The van der Waals surface area contributed by atoms with E-state index in [1.165, 1.54) is 24.6 Å². The maximum atomic E-state index is 12.2. The number of nitrogens with two attached hydrogens (primary N) is 1. The van der Waals surface area contributed by atoms with Gasteiger partial charge in [0.05, 0.1) is 17.5 Å². The van der Waals surface area contributed by atoms with Crippen LogP contribution in [0.4, 0.5) is 5.69 Å². The first-order valence-corrected chi connectivity index (χ1v) is 10.9. The van der Waals surface area contributed by atoms with E-state index in [-0.39, 0.29) is 17.4 Å². The van der Waals surface area contributed by atoms with Gasteiger partial charge in [-0.3, -0.25) is 4.79 Å². The normalized spacial score (nSPS) is 15.3. The van der Waals surface area contributed by atoms with E-state index in [0.717, 1.165) is 12.8 Å². The van der Waals surface area contributed by atoms with Gasteiger partial charge in [0, 0.05) is 5.69 Å². The summed E-state index contributed by atoms with van der Waals surface area (Å²) in [6, 6.07) is 6.91. The highest BCUT2D eigenvalue weighted by Crippen LogP contribution is 2.31. The number of nitrogens with zero attached hydrogens (tertiary/aromatic N) is 4. The van der Waals surface area contributed by atoms with Crippen LogP contribution in [0.1, 0.15) is 37.3 Å². The Morgan fingerprint density at radius 3 is 2.85 bits per heavy atom. The average molecular weight is 396 g/mol. The molecule has 0 radical (unpaired) electrons. The minimum Gasteiger partial charge on any atom is -0.325 e. The number of nitrogens with one attached hydrogen (secondary N) is 1. The first-order chi connectivity index (χ1) is 12.4. The lowest BCUT2D eigenvalue weighted by Gasteiger charge is -2.11. The van der Waals surface area contributed by atoms with Crippen molar-refractivity contribution in [3.05, 3.63) is 29.8 Å². The zero-order valence-electron chi connectivity index (χ0n) is 14.0. The second-order valence-electron chi connectivity index (χ2n) is 6.19. The number of tetrazole rings is 1. The largest absolute Gasteiger partial charge is 0.325 e. The quantitative estimate of drug-likeness (QED) is 0.674. The summed E-state index contributed by atoms with van der Waals surface area (Å²) < 4.78 is 24.2. The monoisotopic (exact) mass is 396 g/mol. The highest BCUT2D eigenvalue weighted by molar-refractivity contribution is 7.99. The van der Waals surface area contributed by atoms with Crippen LogP contribution < -0.4 is 10.5 Å². The molecule has 1 fully saturated rings. The molecule has 1 aliphatic rings. The molecule has 0 bridgehead atoms. The number of anilines is 1. The molecule has 3 N–H and O–H groups in total. The van der Waals surface area contributed by atoms with E-state index < -0.39 is 10.0 Å². The van der Waals surface area contributed by atoms with Crippen LogP contribution in [0.2, 0.25) is 0 Å². The molecule has 1 saturated carbocycles. The molecule has 0 aliphatic heterocycles. The van der Waals surface area contributed by atoms with Crippen molar-refractivity contribution < 1.29 is 13.2 Å². The third-order valence-corrected chi connectivity index (χ3v) is 5.71. The lowest BCUT2D eigenvalue weighted by Crippen LogP contribution is -2.16. The Bertz CT molecular complexity index is 877. The van der Waals surface area contributed by atoms with Crippen molar-refractivity contribution in [1.29, 1.82) is 0 Å². The van der Waals surface area contributed by atoms with Crippen LogP contribution in [-0.2, 0) is 20.6 Å². The molecule has 140 valence electrons. The van der Waals surface area contributed by atoms with E-state index in [1.807, 2.05) is 0 Å². The molecule has 0 spiro atoms. The minimum atomic E-state index is -3.62. The Kier molecular flexibility index (Phi) is 5.89. The molecule has 1 aromatic carbocycles. The highest BCUT2D eigenvalue weighted by atomic mass is 32.2. The van der Waals surface area contributed by atoms with Gasteiger partial charge in [-0.15, -0.1) is 5.10 Å². The van der Waals surface area contributed by atoms with Crippen LogP contribution in [0, 0.1) is 0 Å². The van der Waals surface area contributed by atoms with E-state index in [1.54, 1.807) is 28.9 Å². The number of primary sulfonamides is 1. The first-order valence-electron chi connectivity index (χ1n) is 8.21. The van der Waals surface area contributed by atoms with Gasteiger partial charge in [0.25, 0.3) is 0 Å². The van der Waals surface area contributed by atoms with Gasteiger partial charge in [-0.1, -0.05) is 36.7 Å². The third kappa shape index (κ3) is 5.26. The Balaban J connectivity index is 1.57. The summed E-state index contributed by atoms with van der Waals surface area (Å²) in [7, 11) is -3.62. The van der Waals surface area contributed by atoms with Crippen LogP contribution in [0.5, 0.6) is 0 Å². The van der Waals surface area contributed by atoms with Gasteiger partial charge in [-0.2, -0.15) is 0 Å². The molecule has 1 aromatic heterocycles. The summed E-state index contributed by atoms with van der Waals surface area (Å²) in [6.07, 6.45) is 4.46. The van der Waals surface area contributed by atoms with Crippen LogP contribution >= 0.6 is 11.8 Å². The summed E-state index contributed by atoms with van der Waals surface area (Å²) in [5.41, 5.74) is 1.04. The zero-order valence-corrected chi connectivity index (χ0v) is 15.7. The van der Waals surface area contributed by atoms with E-state index in [2.05, 4.69) is 20.8 Å². The third-order valence-electron chi connectivity index (χ3n) is 4.04. The maximum Gasteiger partial charge on any atom is 0.234 e. The molecule has 0 saturated heterocycles. The summed E-state index contributed by atoms with van der Waals surface area (Å²) in [5, 5.41) is 20.2. The number of aromatic nitrogens is 4. The van der Waals surface area contributed by atoms with Crippen LogP contribution in [0.3, 0.4) is 0 Å². The molecular weight excluding hydrogens is 376 g/mol. The Labute approximate surface area is 155 Å². The van der Waals surface area contributed by atoms with Crippen molar-refractivity contribution in [3.8, 4) is 0 Å². The van der Waals surface area contributed by atoms with Gasteiger partial charge in [0.2, 0.25) is 21.1 Å². The number of benzene rings is 1. The predicted octanol–water partition coefficient (Wildman–Crippen LogP) is 1.31. The van der Waals surface area contributed by atoms with Gasteiger partial charge in [-0.05, 0) is 41.0 Å². The fourth-order valence-electron chi connectivity index (χ4n) is 2.96. The molecule has 2 aromatic rings. The molecule has 11 heteroatoms. The Morgan fingerprint density at radius 2 is 2.12 bits per heavy atom. The Morgan fingerprint density at radius 1 is 1.35 bits per heavy atom. The zero-order chi connectivity index (χ0) is 18.6. The van der Waals surface area contributed by atoms with Crippen LogP contribution in [0.15, 0.2) is 29.4 Å². The fourth-order valence-corrected chi connectivity index (χ4v) is 4.35. The Hall–Kier alpha value is -1.98. The van der Waals surface area contributed by atoms with Crippen molar-refractivity contribution in [1.82, 2.24) is 20.2 Å². The van der Waals surface area contributed by atoms with Crippen molar-refractivity contribution in [2.24, 2.45) is 5.14 Å². The number of hydrogen-bond donors (Lipinski definition) is 2. The molecule has 1 heterocycles.